The first kappa shape index (κ1) is 16.8. The smallest absolute Gasteiger partial charge is 0.164 e. The molecule has 0 saturated heterocycles. The van der Waals surface area contributed by atoms with Crippen LogP contribution >= 0.6 is 11.3 Å². The van der Waals surface area contributed by atoms with E-state index in [1.807, 2.05) is 36.4 Å². The van der Waals surface area contributed by atoms with E-state index in [0.717, 1.165) is 32.0 Å². The van der Waals surface area contributed by atoms with Crippen molar-refractivity contribution in [2.75, 3.05) is 0 Å². The summed E-state index contributed by atoms with van der Waals surface area (Å²) in [5.74, 6) is -0.666. The summed E-state index contributed by atoms with van der Waals surface area (Å²) in [6.07, 6.45) is 0. The molecule has 44 heavy (non-hydrogen) atoms. The van der Waals surface area contributed by atoms with Crippen LogP contribution in [0.25, 0.3) is 87.4 Å². The number of thiophene rings is 1. The predicted molar refractivity (Wildman–Crippen MR) is 182 cm³/mol. The molecule has 0 radical (unpaired) electrons. The summed E-state index contributed by atoms with van der Waals surface area (Å²) in [5, 5.41) is 3.88. The molecular weight excluding hydrogens is 559 g/mol. The second-order valence-corrected chi connectivity index (χ2v) is 11.1. The van der Waals surface area contributed by atoms with Crippen molar-refractivity contribution >= 4 is 53.4 Å². The van der Waals surface area contributed by atoms with Gasteiger partial charge in [0.05, 0.1) is 13.7 Å². The van der Waals surface area contributed by atoms with Gasteiger partial charge in [0, 0.05) is 58.8 Å². The second-order valence-electron chi connectivity index (χ2n) is 10.1. The van der Waals surface area contributed by atoms with Gasteiger partial charge >= 0.3 is 0 Å². The number of hydrogen-bond donors (Lipinski definition) is 0. The van der Waals surface area contributed by atoms with Crippen LogP contribution < -0.4 is 0 Å². The second kappa shape index (κ2) is 9.97. The molecule has 9 rings (SSSR count). The fourth-order valence-electron chi connectivity index (χ4n) is 5.56. The highest BCUT2D eigenvalue weighted by Crippen LogP contribution is 2.43. The summed E-state index contributed by atoms with van der Waals surface area (Å²) in [7, 11) is 0. The van der Waals surface area contributed by atoms with E-state index in [4.69, 9.17) is 18.1 Å². The van der Waals surface area contributed by atoms with Gasteiger partial charge in [0.2, 0.25) is 0 Å². The molecule has 0 unspecified atom stereocenters. The molecule has 0 fully saturated rings. The summed E-state index contributed by atoms with van der Waals surface area (Å²) >= 11 is 1.72. The molecular formula is C39H23N3OS. The van der Waals surface area contributed by atoms with Gasteiger partial charge in [-0.2, -0.15) is 0 Å². The van der Waals surface area contributed by atoms with Crippen molar-refractivity contribution in [2.45, 2.75) is 0 Å². The van der Waals surface area contributed by atoms with Gasteiger partial charge in [0.15, 0.2) is 17.5 Å². The summed E-state index contributed by atoms with van der Waals surface area (Å²) in [5.41, 5.74) is 2.96. The summed E-state index contributed by atoms with van der Waals surface area (Å²) < 4.78 is 92.4. The molecule has 4 nitrogen and oxygen atoms in total. The van der Waals surface area contributed by atoms with Gasteiger partial charge in [-0.25, -0.2) is 15.0 Å². The maximum absolute atomic E-state index is 8.61. The molecule has 0 saturated carbocycles. The van der Waals surface area contributed by atoms with Gasteiger partial charge in [-0.05, 0) is 24.3 Å². The Morgan fingerprint density at radius 2 is 1.14 bits per heavy atom. The molecule has 0 aliphatic carbocycles. The molecule has 6 aromatic carbocycles. The van der Waals surface area contributed by atoms with Crippen molar-refractivity contribution in [3.8, 4) is 45.3 Å². The highest BCUT2D eigenvalue weighted by Gasteiger charge is 2.18. The highest BCUT2D eigenvalue weighted by atomic mass is 32.1. The Kier molecular flexibility index (Phi) is 3.82. The summed E-state index contributed by atoms with van der Waals surface area (Å²) in [6, 6.07) is 19.8. The molecule has 5 heteroatoms. The van der Waals surface area contributed by atoms with E-state index in [9.17, 15) is 0 Å². The third-order valence-corrected chi connectivity index (χ3v) is 8.75. The minimum atomic E-state index is -0.606. The van der Waals surface area contributed by atoms with Crippen LogP contribution in [0.5, 0.6) is 0 Å². The Morgan fingerprint density at radius 1 is 0.523 bits per heavy atom. The van der Waals surface area contributed by atoms with Gasteiger partial charge in [-0.15, -0.1) is 11.3 Å². The third kappa shape index (κ3) is 4.02. The number of furan rings is 1. The quantitative estimate of drug-likeness (QED) is 0.204. The fraction of sp³-hybridized carbons (Fsp3) is 0. The molecule has 3 aromatic heterocycles. The van der Waals surface area contributed by atoms with E-state index in [1.54, 1.807) is 29.5 Å². The zero-order chi connectivity index (χ0) is 37.7. The highest BCUT2D eigenvalue weighted by molar-refractivity contribution is 7.26. The number of para-hydroxylation sites is 1. The van der Waals surface area contributed by atoms with Crippen molar-refractivity contribution in [2.24, 2.45) is 0 Å². The molecule has 0 spiro atoms. The van der Waals surface area contributed by atoms with E-state index in [1.165, 1.54) is 10.1 Å². The van der Waals surface area contributed by atoms with Crippen molar-refractivity contribution in [1.82, 2.24) is 15.0 Å². The molecule has 0 amide bonds. The largest absolute Gasteiger partial charge is 0.455 e. The zero-order valence-electron chi connectivity index (χ0n) is 32.7. The van der Waals surface area contributed by atoms with Gasteiger partial charge < -0.3 is 4.42 Å². The molecule has 0 aliphatic rings. The van der Waals surface area contributed by atoms with E-state index < -0.39 is 60.4 Å². The lowest BCUT2D eigenvalue weighted by Gasteiger charge is -2.08. The van der Waals surface area contributed by atoms with Crippen molar-refractivity contribution < 1.29 is 18.1 Å². The van der Waals surface area contributed by atoms with E-state index in [2.05, 4.69) is 39.2 Å². The number of fused-ring (bicyclic) bond motifs is 6. The van der Waals surface area contributed by atoms with Crippen LogP contribution in [0.2, 0.25) is 0 Å². The topological polar surface area (TPSA) is 51.8 Å². The standard InChI is InChI=1S/C39H23N3OS/c1-3-11-24(12-4-1)37-40-38(25-13-5-2-6-14-25)42-39(41-37)26-21-22-33-32(23-26)29-17-9-16-28(35(29)43-33)31-19-10-18-30-27-15-7-8-20-34(27)44-36(30)31/h1-23H/i1D,2D,3D,4D,5D,6D,11D,12D,13D,14D. The van der Waals surface area contributed by atoms with Crippen LogP contribution in [-0.4, -0.2) is 15.0 Å². The Labute approximate surface area is 271 Å². The Balaban J connectivity index is 1.28. The molecule has 0 atom stereocenters. The minimum Gasteiger partial charge on any atom is -0.455 e. The molecule has 206 valence electrons. The first-order valence-electron chi connectivity index (χ1n) is 18.7. The van der Waals surface area contributed by atoms with Gasteiger partial charge in [-0.1, -0.05) is 115 Å². The molecule has 9 aromatic rings. The SMILES string of the molecule is [2H]c1c([2H])c([2H])c(-c2nc(-c3ccc4oc5c(-c6cccc7c6sc6ccccc67)cccc5c4c3)nc(-c3c([2H])c([2H])c([2H])c([2H])c3[2H])n2)c([2H])c1[2H]. The lowest BCUT2D eigenvalue weighted by atomic mass is 10.00. The van der Waals surface area contributed by atoms with Crippen molar-refractivity contribution in [1.29, 1.82) is 0 Å². The van der Waals surface area contributed by atoms with E-state index in [0.29, 0.717) is 16.7 Å². The van der Waals surface area contributed by atoms with Crippen LogP contribution in [0.1, 0.15) is 13.7 Å². The number of hydrogen-bond acceptors (Lipinski definition) is 5. The number of nitrogens with zero attached hydrogens (tertiary/aromatic N) is 3. The molecule has 0 aliphatic heterocycles. The molecule has 0 N–H and O–H groups in total. The normalized spacial score (nSPS) is 14.8. The lowest BCUT2D eigenvalue weighted by molar-refractivity contribution is 0.670. The number of aromatic nitrogens is 3. The zero-order valence-corrected chi connectivity index (χ0v) is 23.5. The lowest BCUT2D eigenvalue weighted by Crippen LogP contribution is -2.00. The summed E-state index contributed by atoms with van der Waals surface area (Å²) in [4.78, 5) is 13.5. The predicted octanol–water partition coefficient (Wildman–Crippen LogP) is 10.8. The van der Waals surface area contributed by atoms with Gasteiger partial charge in [-0.3, -0.25) is 0 Å². The average Bonchev–Trinajstić information content (AvgIpc) is 3.76. The van der Waals surface area contributed by atoms with E-state index >= 15 is 0 Å². The molecule has 3 heterocycles. The average molecular weight is 592 g/mol. The monoisotopic (exact) mass is 591 g/mol. The summed E-state index contributed by atoms with van der Waals surface area (Å²) in [6.45, 7) is 0. The van der Waals surface area contributed by atoms with Gasteiger partial charge in [0.25, 0.3) is 0 Å². The minimum absolute atomic E-state index is 0.0175. The molecule has 0 bridgehead atoms. The van der Waals surface area contributed by atoms with Crippen LogP contribution in [0.4, 0.5) is 0 Å². The van der Waals surface area contributed by atoms with Crippen LogP contribution in [0.15, 0.2) is 144 Å². The third-order valence-electron chi connectivity index (χ3n) is 7.53. The van der Waals surface area contributed by atoms with Crippen LogP contribution in [0, 0.1) is 0 Å². The van der Waals surface area contributed by atoms with Crippen LogP contribution in [-0.2, 0) is 0 Å². The Morgan fingerprint density at radius 3 is 1.86 bits per heavy atom. The Hall–Kier alpha value is -5.65. The number of benzene rings is 6. The van der Waals surface area contributed by atoms with Crippen molar-refractivity contribution in [3.63, 3.8) is 0 Å². The first-order chi connectivity index (χ1) is 25.9. The number of rotatable bonds is 4. The van der Waals surface area contributed by atoms with Gasteiger partial charge in [0.1, 0.15) is 11.2 Å². The first-order valence-corrected chi connectivity index (χ1v) is 14.5. The van der Waals surface area contributed by atoms with Crippen molar-refractivity contribution in [3.05, 3.63) is 139 Å². The maximum atomic E-state index is 8.61. The fourth-order valence-corrected chi connectivity index (χ4v) is 6.79. The van der Waals surface area contributed by atoms with Crippen LogP contribution in [0.3, 0.4) is 0 Å². The van der Waals surface area contributed by atoms with E-state index in [-0.39, 0.29) is 28.6 Å². The maximum Gasteiger partial charge on any atom is 0.164 e. The Bertz CT molecular complexity index is 2940.